The molecule has 0 radical (unpaired) electrons. The van der Waals surface area contributed by atoms with Crippen molar-refractivity contribution in [2.75, 3.05) is 0 Å². The maximum atomic E-state index is 12.4. The molecule has 1 unspecified atom stereocenters. The molecule has 84 valence electrons. The van der Waals surface area contributed by atoms with Crippen molar-refractivity contribution in [3.63, 3.8) is 0 Å². The molecule has 0 heterocycles. The number of hydrogen-bond donors (Lipinski definition) is 1. The van der Waals surface area contributed by atoms with Crippen LogP contribution in [0.1, 0.15) is 24.2 Å². The second kappa shape index (κ2) is 4.38. The number of rotatable bonds is 2. The Morgan fingerprint density at radius 1 is 1.33 bits per heavy atom. The Balaban J connectivity index is 3.17. The first-order valence-electron chi connectivity index (χ1n) is 4.08. The Hall–Kier alpha value is -0.780. The van der Waals surface area contributed by atoms with Crippen LogP contribution >= 0.6 is 11.6 Å². The topological polar surface area (TPSA) is 35.2 Å². The molecule has 0 aliphatic heterocycles. The summed E-state index contributed by atoms with van der Waals surface area (Å²) in [6.45, 7) is 1.53. The van der Waals surface area contributed by atoms with Crippen LogP contribution in [0.4, 0.5) is 13.2 Å². The third-order valence-electron chi connectivity index (χ3n) is 1.92. The smallest absolute Gasteiger partial charge is 0.297 e. The highest BCUT2D eigenvalue weighted by atomic mass is 35.5. The van der Waals surface area contributed by atoms with Gasteiger partial charge in [-0.15, -0.1) is 0 Å². The third-order valence-corrected chi connectivity index (χ3v) is 2.14. The van der Waals surface area contributed by atoms with Gasteiger partial charge in [-0.3, -0.25) is 4.84 Å². The van der Waals surface area contributed by atoms with Crippen molar-refractivity contribution in [2.45, 2.75) is 19.2 Å². The van der Waals surface area contributed by atoms with Gasteiger partial charge in [-0.25, -0.2) is 5.90 Å². The van der Waals surface area contributed by atoms with Gasteiger partial charge in [0, 0.05) is 5.02 Å². The molecule has 0 fully saturated rings. The summed E-state index contributed by atoms with van der Waals surface area (Å²) in [6, 6.07) is 3.20. The second-order valence-electron chi connectivity index (χ2n) is 3.05. The Kier molecular flexibility index (Phi) is 3.59. The van der Waals surface area contributed by atoms with Gasteiger partial charge in [0.2, 0.25) is 0 Å². The van der Waals surface area contributed by atoms with E-state index in [1.54, 1.807) is 0 Å². The molecule has 2 nitrogen and oxygen atoms in total. The average molecular weight is 240 g/mol. The van der Waals surface area contributed by atoms with Crippen LogP contribution < -0.4 is 5.90 Å². The minimum Gasteiger partial charge on any atom is -0.297 e. The van der Waals surface area contributed by atoms with Crippen LogP contribution in [0.15, 0.2) is 18.2 Å². The van der Waals surface area contributed by atoms with E-state index in [9.17, 15) is 13.2 Å². The zero-order valence-corrected chi connectivity index (χ0v) is 8.56. The van der Waals surface area contributed by atoms with Crippen molar-refractivity contribution in [3.8, 4) is 0 Å². The average Bonchev–Trinajstić information content (AvgIpc) is 2.14. The first-order valence-corrected chi connectivity index (χ1v) is 4.45. The summed E-state index contributed by atoms with van der Waals surface area (Å²) >= 11 is 5.56. The molecule has 15 heavy (non-hydrogen) atoms. The number of hydrogen-bond acceptors (Lipinski definition) is 2. The van der Waals surface area contributed by atoms with Gasteiger partial charge >= 0.3 is 6.18 Å². The summed E-state index contributed by atoms with van der Waals surface area (Å²) < 4.78 is 37.2. The van der Waals surface area contributed by atoms with Gasteiger partial charge in [-0.1, -0.05) is 11.6 Å². The zero-order valence-electron chi connectivity index (χ0n) is 7.81. The molecule has 1 aromatic rings. The maximum absolute atomic E-state index is 12.4. The summed E-state index contributed by atoms with van der Waals surface area (Å²) in [5.74, 6) is 4.89. The molecular formula is C9H9ClF3NO. The Labute approximate surface area is 89.7 Å². The van der Waals surface area contributed by atoms with Crippen LogP contribution in [-0.2, 0) is 11.0 Å². The number of alkyl halides is 3. The van der Waals surface area contributed by atoms with Crippen LogP contribution in [-0.4, -0.2) is 0 Å². The third kappa shape index (κ3) is 3.09. The minimum atomic E-state index is -4.42. The maximum Gasteiger partial charge on any atom is 0.416 e. The molecule has 0 bridgehead atoms. The normalized spacial score (nSPS) is 14.0. The van der Waals surface area contributed by atoms with Crippen LogP contribution in [0, 0.1) is 0 Å². The van der Waals surface area contributed by atoms with Gasteiger partial charge < -0.3 is 0 Å². The zero-order chi connectivity index (χ0) is 11.6. The van der Waals surface area contributed by atoms with Crippen molar-refractivity contribution in [1.82, 2.24) is 0 Å². The quantitative estimate of drug-likeness (QED) is 0.804. The SMILES string of the molecule is CC(ON)c1cc(Cl)cc(C(F)(F)F)c1. The fraction of sp³-hybridized carbons (Fsp3) is 0.333. The summed E-state index contributed by atoms with van der Waals surface area (Å²) in [4.78, 5) is 4.43. The minimum absolute atomic E-state index is 0.00345. The van der Waals surface area contributed by atoms with Crippen LogP contribution in [0.5, 0.6) is 0 Å². The Bertz CT molecular complexity index is 354. The molecule has 0 spiro atoms. The van der Waals surface area contributed by atoms with Gasteiger partial charge in [0.25, 0.3) is 0 Å². The number of nitrogens with two attached hydrogens (primary N) is 1. The molecule has 0 saturated carbocycles. The largest absolute Gasteiger partial charge is 0.416 e. The van der Waals surface area contributed by atoms with E-state index >= 15 is 0 Å². The number of halogens is 4. The molecule has 1 rings (SSSR count). The predicted molar refractivity (Wildman–Crippen MR) is 50.1 cm³/mol. The van der Waals surface area contributed by atoms with E-state index in [-0.39, 0.29) is 10.6 Å². The fourth-order valence-electron chi connectivity index (χ4n) is 1.09. The summed E-state index contributed by atoms with van der Waals surface area (Å²) in [6.07, 6.45) is -5.06. The molecule has 0 saturated heterocycles. The highest BCUT2D eigenvalue weighted by molar-refractivity contribution is 6.30. The monoisotopic (exact) mass is 239 g/mol. The van der Waals surface area contributed by atoms with Crippen molar-refractivity contribution in [3.05, 3.63) is 34.3 Å². The van der Waals surface area contributed by atoms with Gasteiger partial charge in [-0.05, 0) is 30.7 Å². The first kappa shape index (κ1) is 12.3. The molecule has 1 aromatic carbocycles. The van der Waals surface area contributed by atoms with Crippen LogP contribution in [0.25, 0.3) is 0 Å². The lowest BCUT2D eigenvalue weighted by Gasteiger charge is -2.13. The lowest BCUT2D eigenvalue weighted by Crippen LogP contribution is -2.09. The highest BCUT2D eigenvalue weighted by Crippen LogP contribution is 2.33. The predicted octanol–water partition coefficient (Wildman–Crippen LogP) is 3.31. The fourth-order valence-corrected chi connectivity index (χ4v) is 1.33. The van der Waals surface area contributed by atoms with E-state index in [1.807, 2.05) is 0 Å². The van der Waals surface area contributed by atoms with Gasteiger partial charge in [0.15, 0.2) is 0 Å². The first-order chi connectivity index (χ1) is 6.84. The molecule has 0 aliphatic rings. The number of benzene rings is 1. The molecular weight excluding hydrogens is 231 g/mol. The van der Waals surface area contributed by atoms with E-state index < -0.39 is 17.8 Å². The summed E-state index contributed by atoms with van der Waals surface area (Å²) in [7, 11) is 0. The van der Waals surface area contributed by atoms with E-state index in [2.05, 4.69) is 4.84 Å². The van der Waals surface area contributed by atoms with Crippen molar-refractivity contribution in [2.24, 2.45) is 5.90 Å². The molecule has 1 atom stereocenters. The molecule has 0 aliphatic carbocycles. The van der Waals surface area contributed by atoms with E-state index in [1.165, 1.54) is 13.0 Å². The van der Waals surface area contributed by atoms with Gasteiger partial charge in [-0.2, -0.15) is 13.2 Å². The molecule has 2 N–H and O–H groups in total. The Morgan fingerprint density at radius 3 is 2.40 bits per heavy atom. The highest BCUT2D eigenvalue weighted by Gasteiger charge is 2.31. The standard InChI is InChI=1S/C9H9ClF3NO/c1-5(15-14)6-2-7(9(11,12)13)4-8(10)3-6/h2-5H,14H2,1H3. The van der Waals surface area contributed by atoms with E-state index in [0.29, 0.717) is 0 Å². The Morgan fingerprint density at radius 2 is 1.93 bits per heavy atom. The molecule has 6 heteroatoms. The van der Waals surface area contributed by atoms with Gasteiger partial charge in [0.1, 0.15) is 6.10 Å². The molecule has 0 aromatic heterocycles. The van der Waals surface area contributed by atoms with Crippen LogP contribution in [0.3, 0.4) is 0 Å². The van der Waals surface area contributed by atoms with Crippen LogP contribution in [0.2, 0.25) is 5.02 Å². The van der Waals surface area contributed by atoms with Crippen molar-refractivity contribution >= 4 is 11.6 Å². The molecule has 0 amide bonds. The second-order valence-corrected chi connectivity index (χ2v) is 3.49. The van der Waals surface area contributed by atoms with Gasteiger partial charge in [0.05, 0.1) is 5.56 Å². The van der Waals surface area contributed by atoms with E-state index in [0.717, 1.165) is 12.1 Å². The summed E-state index contributed by atoms with van der Waals surface area (Å²) in [5, 5.41) is 0.00345. The lowest BCUT2D eigenvalue weighted by molar-refractivity contribution is -0.137. The van der Waals surface area contributed by atoms with Crippen molar-refractivity contribution in [1.29, 1.82) is 0 Å². The van der Waals surface area contributed by atoms with E-state index in [4.69, 9.17) is 17.5 Å². The van der Waals surface area contributed by atoms with Crippen molar-refractivity contribution < 1.29 is 18.0 Å². The summed E-state index contributed by atoms with van der Waals surface area (Å²) in [5.41, 5.74) is -0.522. The lowest BCUT2D eigenvalue weighted by atomic mass is 10.1.